The molecule has 1 rings (SSSR count). The molecule has 1 aromatic carbocycles. The molecule has 0 aliphatic rings. The summed E-state index contributed by atoms with van der Waals surface area (Å²) in [5, 5.41) is 0.711. The van der Waals surface area contributed by atoms with E-state index >= 15 is 0 Å². The van der Waals surface area contributed by atoms with Gasteiger partial charge in [0.05, 0.1) is 13.7 Å². The fourth-order valence-electron chi connectivity index (χ4n) is 1.34. The zero-order valence-corrected chi connectivity index (χ0v) is 11.5. The molecule has 17 heavy (non-hydrogen) atoms. The highest BCUT2D eigenvalue weighted by molar-refractivity contribution is 9.08. The summed E-state index contributed by atoms with van der Waals surface area (Å²) in [5.74, 6) is 0.499. The molecule has 1 aromatic rings. The number of alkyl halides is 1. The van der Waals surface area contributed by atoms with Crippen LogP contribution in [0.25, 0.3) is 6.08 Å². The number of halogens is 1. The van der Waals surface area contributed by atoms with Crippen LogP contribution in [0.15, 0.2) is 24.3 Å². The van der Waals surface area contributed by atoms with Gasteiger partial charge >= 0.3 is 5.97 Å². The third-order valence-electron chi connectivity index (χ3n) is 2.14. The zero-order valence-electron chi connectivity index (χ0n) is 9.90. The average Bonchev–Trinajstić information content (AvgIpc) is 2.37. The van der Waals surface area contributed by atoms with Crippen molar-refractivity contribution < 1.29 is 14.3 Å². The highest BCUT2D eigenvalue weighted by atomic mass is 79.9. The van der Waals surface area contributed by atoms with Crippen molar-refractivity contribution in [3.8, 4) is 5.75 Å². The molecule has 0 saturated carbocycles. The molecule has 4 heteroatoms. The van der Waals surface area contributed by atoms with Gasteiger partial charge in [0.1, 0.15) is 5.75 Å². The summed E-state index contributed by atoms with van der Waals surface area (Å²) in [5.41, 5.74) is 1.99. The summed E-state index contributed by atoms with van der Waals surface area (Å²) < 4.78 is 10.0. The molecular formula is C13H15BrO3. The van der Waals surface area contributed by atoms with E-state index in [1.54, 1.807) is 6.08 Å². The van der Waals surface area contributed by atoms with E-state index in [-0.39, 0.29) is 5.97 Å². The highest BCUT2D eigenvalue weighted by Crippen LogP contribution is 2.23. The Hall–Kier alpha value is -1.29. The Kier molecular flexibility index (Phi) is 5.77. The van der Waals surface area contributed by atoms with Crippen LogP contribution in [-0.4, -0.2) is 19.7 Å². The molecule has 92 valence electrons. The molecule has 0 N–H and O–H groups in total. The second-order valence-electron chi connectivity index (χ2n) is 3.29. The first-order valence-corrected chi connectivity index (χ1v) is 6.41. The lowest BCUT2D eigenvalue weighted by Gasteiger charge is -2.08. The molecule has 0 atom stereocenters. The van der Waals surface area contributed by atoms with Crippen LogP contribution in [0.1, 0.15) is 18.1 Å². The number of esters is 1. The van der Waals surface area contributed by atoms with Crippen LogP contribution < -0.4 is 4.74 Å². The molecule has 0 unspecified atom stereocenters. The van der Waals surface area contributed by atoms with Gasteiger partial charge in [0.15, 0.2) is 0 Å². The first-order chi connectivity index (χ1) is 8.21. The third-order valence-corrected chi connectivity index (χ3v) is 2.75. The van der Waals surface area contributed by atoms with Gasteiger partial charge in [-0.2, -0.15) is 0 Å². The van der Waals surface area contributed by atoms with Crippen LogP contribution in [0, 0.1) is 0 Å². The fourth-order valence-corrected chi connectivity index (χ4v) is 1.77. The predicted octanol–water partition coefficient (Wildman–Crippen LogP) is 3.17. The monoisotopic (exact) mass is 298 g/mol. The van der Waals surface area contributed by atoms with Crippen molar-refractivity contribution in [2.45, 2.75) is 12.3 Å². The minimum absolute atomic E-state index is 0.362. The van der Waals surface area contributed by atoms with Crippen LogP contribution >= 0.6 is 15.9 Å². The first kappa shape index (κ1) is 13.8. The molecular weight excluding hydrogens is 284 g/mol. The quantitative estimate of drug-likeness (QED) is 0.476. The van der Waals surface area contributed by atoms with Gasteiger partial charge in [-0.1, -0.05) is 22.0 Å². The summed E-state index contributed by atoms with van der Waals surface area (Å²) in [6.07, 6.45) is 3.11. The summed E-state index contributed by atoms with van der Waals surface area (Å²) in [6.45, 7) is 2.58. The second-order valence-corrected chi connectivity index (χ2v) is 3.85. The van der Waals surface area contributed by atoms with E-state index in [4.69, 9.17) is 4.74 Å². The van der Waals surface area contributed by atoms with Crippen molar-refractivity contribution in [2.24, 2.45) is 0 Å². The largest absolute Gasteiger partial charge is 0.494 e. The maximum Gasteiger partial charge on any atom is 0.330 e. The van der Waals surface area contributed by atoms with Gasteiger partial charge in [-0.15, -0.1) is 0 Å². The maximum absolute atomic E-state index is 11.0. The molecule has 0 saturated heterocycles. The Morgan fingerprint density at radius 2 is 2.24 bits per heavy atom. The van der Waals surface area contributed by atoms with Crippen molar-refractivity contribution >= 4 is 28.0 Å². The summed E-state index contributed by atoms with van der Waals surface area (Å²) >= 11 is 3.41. The molecule has 0 aliphatic carbocycles. The summed E-state index contributed by atoms with van der Waals surface area (Å²) in [7, 11) is 1.36. The smallest absolute Gasteiger partial charge is 0.330 e. The number of hydrogen-bond acceptors (Lipinski definition) is 3. The van der Waals surface area contributed by atoms with Gasteiger partial charge in [-0.05, 0) is 30.7 Å². The van der Waals surface area contributed by atoms with E-state index in [0.29, 0.717) is 11.9 Å². The lowest BCUT2D eigenvalue weighted by Crippen LogP contribution is -1.96. The molecule has 0 aliphatic heterocycles. The Labute approximate surface area is 110 Å². The van der Waals surface area contributed by atoms with Crippen LogP contribution in [0.4, 0.5) is 0 Å². The van der Waals surface area contributed by atoms with Gasteiger partial charge in [0.2, 0.25) is 0 Å². The Morgan fingerprint density at radius 3 is 2.82 bits per heavy atom. The minimum Gasteiger partial charge on any atom is -0.494 e. The number of carbonyl (C=O) groups excluding carboxylic acids is 1. The van der Waals surface area contributed by atoms with Crippen LogP contribution in [0.3, 0.4) is 0 Å². The standard InChI is InChI=1S/C13H15BrO3/c1-3-17-12-6-4-10(8-11(12)9-14)5-7-13(15)16-2/h4-8H,3,9H2,1-2H3. The van der Waals surface area contributed by atoms with Crippen molar-refractivity contribution in [3.63, 3.8) is 0 Å². The molecule has 3 nitrogen and oxygen atoms in total. The lowest BCUT2D eigenvalue weighted by molar-refractivity contribution is -0.134. The zero-order chi connectivity index (χ0) is 12.7. The van der Waals surface area contributed by atoms with E-state index in [9.17, 15) is 4.79 Å². The van der Waals surface area contributed by atoms with Crippen molar-refractivity contribution in [1.29, 1.82) is 0 Å². The van der Waals surface area contributed by atoms with Gasteiger partial charge in [0, 0.05) is 17.0 Å². The molecule has 0 fully saturated rings. The SMILES string of the molecule is CCOc1ccc(C=CC(=O)OC)cc1CBr. The average molecular weight is 299 g/mol. The number of carbonyl (C=O) groups is 1. The highest BCUT2D eigenvalue weighted by Gasteiger charge is 2.02. The summed E-state index contributed by atoms with van der Waals surface area (Å²) in [6, 6.07) is 5.77. The molecule has 0 bridgehead atoms. The molecule has 0 aromatic heterocycles. The Balaban J connectivity index is 2.89. The normalized spacial score (nSPS) is 10.5. The number of rotatable bonds is 5. The van der Waals surface area contributed by atoms with Gasteiger partial charge in [0.25, 0.3) is 0 Å². The number of methoxy groups -OCH3 is 1. The van der Waals surface area contributed by atoms with Crippen molar-refractivity contribution in [2.75, 3.05) is 13.7 Å². The molecule has 0 radical (unpaired) electrons. The summed E-state index contributed by atoms with van der Waals surface area (Å²) in [4.78, 5) is 11.0. The van der Waals surface area contributed by atoms with Crippen LogP contribution in [0.2, 0.25) is 0 Å². The van der Waals surface area contributed by atoms with Crippen molar-refractivity contribution in [1.82, 2.24) is 0 Å². The predicted molar refractivity (Wildman–Crippen MR) is 71.3 cm³/mol. The number of ether oxygens (including phenoxy) is 2. The Morgan fingerprint density at radius 1 is 1.47 bits per heavy atom. The van der Waals surface area contributed by atoms with Crippen molar-refractivity contribution in [3.05, 3.63) is 35.4 Å². The van der Waals surface area contributed by atoms with Gasteiger partial charge in [-0.25, -0.2) is 4.79 Å². The second kappa shape index (κ2) is 7.12. The fraction of sp³-hybridized carbons (Fsp3) is 0.308. The topological polar surface area (TPSA) is 35.5 Å². The molecule has 0 amide bonds. The molecule has 0 heterocycles. The van der Waals surface area contributed by atoms with E-state index in [2.05, 4.69) is 20.7 Å². The number of hydrogen-bond donors (Lipinski definition) is 0. The Bertz CT molecular complexity index is 413. The van der Waals surface area contributed by atoms with E-state index in [1.165, 1.54) is 13.2 Å². The van der Waals surface area contributed by atoms with Crippen LogP contribution in [-0.2, 0) is 14.9 Å². The number of benzene rings is 1. The lowest BCUT2D eigenvalue weighted by atomic mass is 10.1. The van der Waals surface area contributed by atoms with Gasteiger partial charge in [-0.3, -0.25) is 0 Å². The van der Waals surface area contributed by atoms with E-state index in [0.717, 1.165) is 16.9 Å². The maximum atomic E-state index is 11.0. The van der Waals surface area contributed by atoms with Crippen LogP contribution in [0.5, 0.6) is 5.75 Å². The third kappa shape index (κ3) is 4.23. The van der Waals surface area contributed by atoms with E-state index in [1.807, 2.05) is 25.1 Å². The van der Waals surface area contributed by atoms with Gasteiger partial charge < -0.3 is 9.47 Å². The first-order valence-electron chi connectivity index (χ1n) is 5.29. The minimum atomic E-state index is -0.362. The molecule has 0 spiro atoms. The van der Waals surface area contributed by atoms with E-state index < -0.39 is 0 Å².